The lowest BCUT2D eigenvalue weighted by atomic mass is 9.96. The monoisotopic (exact) mass is 260 g/mol. The first-order valence-electron chi connectivity index (χ1n) is 6.37. The van der Waals surface area contributed by atoms with E-state index >= 15 is 0 Å². The van der Waals surface area contributed by atoms with Gasteiger partial charge in [0.05, 0.1) is 19.1 Å². The van der Waals surface area contributed by atoms with Crippen LogP contribution in [-0.4, -0.2) is 19.6 Å². The summed E-state index contributed by atoms with van der Waals surface area (Å²) >= 11 is 0. The Morgan fingerprint density at radius 1 is 1.42 bits per heavy atom. The van der Waals surface area contributed by atoms with Gasteiger partial charge in [-0.05, 0) is 12.0 Å². The maximum absolute atomic E-state index is 11.8. The van der Waals surface area contributed by atoms with E-state index < -0.39 is 5.92 Å². The van der Waals surface area contributed by atoms with Crippen molar-refractivity contribution in [1.29, 1.82) is 5.26 Å². The number of nitriles is 1. The van der Waals surface area contributed by atoms with Gasteiger partial charge >= 0.3 is 0 Å². The molecule has 0 aliphatic heterocycles. The molecule has 1 N–H and O–H groups in total. The number of ether oxygens (including phenoxy) is 1. The fourth-order valence-corrected chi connectivity index (χ4v) is 1.75. The maximum Gasteiger partial charge on any atom is 0.221 e. The predicted molar refractivity (Wildman–Crippen MR) is 73.8 cm³/mol. The average Bonchev–Trinajstić information content (AvgIpc) is 2.42. The largest absolute Gasteiger partial charge is 0.496 e. The lowest BCUT2D eigenvalue weighted by Crippen LogP contribution is -2.28. The molecular weight excluding hydrogens is 240 g/mol. The quantitative estimate of drug-likeness (QED) is 0.854. The minimum Gasteiger partial charge on any atom is -0.496 e. The van der Waals surface area contributed by atoms with E-state index in [-0.39, 0.29) is 12.3 Å². The van der Waals surface area contributed by atoms with Crippen LogP contribution in [0.2, 0.25) is 0 Å². The fraction of sp³-hybridized carbons (Fsp3) is 0.467. The molecule has 0 saturated carbocycles. The van der Waals surface area contributed by atoms with Crippen molar-refractivity contribution in [3.63, 3.8) is 0 Å². The number of amides is 1. The lowest BCUT2D eigenvalue weighted by molar-refractivity contribution is -0.121. The predicted octanol–water partition coefficient (Wildman–Crippen LogP) is 2.46. The molecule has 102 valence electrons. The molecule has 1 atom stereocenters. The van der Waals surface area contributed by atoms with Gasteiger partial charge in [0.1, 0.15) is 5.75 Å². The molecule has 0 aromatic heterocycles. The molecule has 0 radical (unpaired) electrons. The van der Waals surface area contributed by atoms with Crippen LogP contribution in [-0.2, 0) is 4.79 Å². The van der Waals surface area contributed by atoms with Gasteiger partial charge in [-0.15, -0.1) is 0 Å². The summed E-state index contributed by atoms with van der Waals surface area (Å²) in [5, 5.41) is 12.1. The summed E-state index contributed by atoms with van der Waals surface area (Å²) < 4.78 is 5.23. The van der Waals surface area contributed by atoms with Gasteiger partial charge in [0.25, 0.3) is 0 Å². The van der Waals surface area contributed by atoms with Crippen molar-refractivity contribution in [3.05, 3.63) is 29.8 Å². The van der Waals surface area contributed by atoms with E-state index in [0.29, 0.717) is 18.2 Å². The van der Waals surface area contributed by atoms with Gasteiger partial charge in [-0.1, -0.05) is 32.0 Å². The molecule has 4 nitrogen and oxygen atoms in total. The molecule has 0 heterocycles. The van der Waals surface area contributed by atoms with Crippen LogP contribution < -0.4 is 10.1 Å². The molecule has 19 heavy (non-hydrogen) atoms. The van der Waals surface area contributed by atoms with E-state index in [1.54, 1.807) is 13.2 Å². The van der Waals surface area contributed by atoms with Gasteiger partial charge in [-0.25, -0.2) is 0 Å². The minimum absolute atomic E-state index is 0.105. The second kappa shape index (κ2) is 7.42. The van der Waals surface area contributed by atoms with E-state index in [2.05, 4.69) is 11.4 Å². The molecule has 0 bridgehead atoms. The summed E-state index contributed by atoms with van der Waals surface area (Å²) in [6, 6.07) is 9.47. The highest BCUT2D eigenvalue weighted by Crippen LogP contribution is 2.28. The molecule has 0 aliphatic carbocycles. The van der Waals surface area contributed by atoms with Crippen LogP contribution in [0.5, 0.6) is 5.75 Å². The van der Waals surface area contributed by atoms with Crippen LogP contribution in [0.4, 0.5) is 0 Å². The Kier molecular flexibility index (Phi) is 5.87. The highest BCUT2D eigenvalue weighted by molar-refractivity contribution is 5.77. The summed E-state index contributed by atoms with van der Waals surface area (Å²) in [6.07, 6.45) is 0.156. The van der Waals surface area contributed by atoms with E-state index in [9.17, 15) is 10.1 Å². The van der Waals surface area contributed by atoms with Crippen molar-refractivity contribution < 1.29 is 9.53 Å². The van der Waals surface area contributed by atoms with Gasteiger partial charge in [-0.3, -0.25) is 4.79 Å². The number of methoxy groups -OCH3 is 1. The molecule has 1 amide bonds. The van der Waals surface area contributed by atoms with E-state index in [0.717, 1.165) is 5.56 Å². The van der Waals surface area contributed by atoms with Gasteiger partial charge in [0.15, 0.2) is 0 Å². The Labute approximate surface area is 114 Å². The third-order valence-corrected chi connectivity index (χ3v) is 2.77. The summed E-state index contributed by atoms with van der Waals surface area (Å²) in [5.74, 6) is 0.455. The lowest BCUT2D eigenvalue weighted by Gasteiger charge is -2.14. The molecule has 0 aliphatic rings. The number of rotatable bonds is 6. The molecule has 0 saturated heterocycles. The first-order chi connectivity index (χ1) is 9.08. The summed E-state index contributed by atoms with van der Waals surface area (Å²) in [7, 11) is 1.56. The van der Waals surface area contributed by atoms with Crippen LogP contribution in [0.3, 0.4) is 0 Å². The van der Waals surface area contributed by atoms with E-state index in [1.165, 1.54) is 0 Å². The number of carbonyl (C=O) groups is 1. The van der Waals surface area contributed by atoms with Crippen molar-refractivity contribution in [3.8, 4) is 11.8 Å². The van der Waals surface area contributed by atoms with Crippen molar-refractivity contribution >= 4 is 5.91 Å². The smallest absolute Gasteiger partial charge is 0.221 e. The first-order valence-corrected chi connectivity index (χ1v) is 6.37. The number of para-hydroxylation sites is 1. The molecule has 4 heteroatoms. The Balaban J connectivity index is 2.73. The molecule has 1 aromatic rings. The number of benzene rings is 1. The second-order valence-corrected chi connectivity index (χ2v) is 4.83. The first kappa shape index (κ1) is 15.0. The number of nitrogens with zero attached hydrogens (tertiary/aromatic N) is 1. The zero-order valence-electron chi connectivity index (χ0n) is 11.6. The Hall–Kier alpha value is -2.02. The molecule has 1 aromatic carbocycles. The van der Waals surface area contributed by atoms with Crippen LogP contribution in [0.1, 0.15) is 31.7 Å². The summed E-state index contributed by atoms with van der Waals surface area (Å²) in [4.78, 5) is 11.8. The summed E-state index contributed by atoms with van der Waals surface area (Å²) in [6.45, 7) is 4.69. The summed E-state index contributed by atoms with van der Waals surface area (Å²) in [5.41, 5.74) is 0.757. The normalized spacial score (nSPS) is 11.7. The zero-order chi connectivity index (χ0) is 14.3. The number of nitrogens with one attached hydrogen (secondary N) is 1. The van der Waals surface area contributed by atoms with Crippen LogP contribution in [0, 0.1) is 17.2 Å². The SMILES string of the molecule is COc1ccccc1C(C#N)CC(=O)NCC(C)C. The van der Waals surface area contributed by atoms with Gasteiger partial charge < -0.3 is 10.1 Å². The molecule has 1 unspecified atom stereocenters. The number of carbonyl (C=O) groups excluding carboxylic acids is 1. The van der Waals surface area contributed by atoms with E-state index in [1.807, 2.05) is 32.0 Å². The van der Waals surface area contributed by atoms with Crippen LogP contribution >= 0.6 is 0 Å². The van der Waals surface area contributed by atoms with E-state index in [4.69, 9.17) is 4.74 Å². The maximum atomic E-state index is 11.8. The fourth-order valence-electron chi connectivity index (χ4n) is 1.75. The van der Waals surface area contributed by atoms with Crippen molar-refractivity contribution in [2.75, 3.05) is 13.7 Å². The number of hydrogen-bond donors (Lipinski definition) is 1. The molecule has 0 fully saturated rings. The topological polar surface area (TPSA) is 62.1 Å². The van der Waals surface area contributed by atoms with Crippen molar-refractivity contribution in [1.82, 2.24) is 5.32 Å². The highest BCUT2D eigenvalue weighted by Gasteiger charge is 2.18. The second-order valence-electron chi connectivity index (χ2n) is 4.83. The average molecular weight is 260 g/mol. The van der Waals surface area contributed by atoms with Crippen LogP contribution in [0.15, 0.2) is 24.3 Å². The highest BCUT2D eigenvalue weighted by atomic mass is 16.5. The van der Waals surface area contributed by atoms with Crippen molar-refractivity contribution in [2.24, 2.45) is 5.92 Å². The molecular formula is C15H20N2O2. The van der Waals surface area contributed by atoms with Crippen LogP contribution in [0.25, 0.3) is 0 Å². The van der Waals surface area contributed by atoms with Gasteiger partial charge in [-0.2, -0.15) is 5.26 Å². The Bertz CT molecular complexity index is 463. The molecule has 1 rings (SSSR count). The van der Waals surface area contributed by atoms with Gasteiger partial charge in [0, 0.05) is 18.5 Å². The standard InChI is InChI=1S/C15H20N2O2/c1-11(2)10-17-15(18)8-12(9-16)13-6-4-5-7-14(13)19-3/h4-7,11-12H,8,10H2,1-3H3,(H,17,18). The third-order valence-electron chi connectivity index (χ3n) is 2.77. The van der Waals surface area contributed by atoms with Crippen molar-refractivity contribution in [2.45, 2.75) is 26.2 Å². The Morgan fingerprint density at radius 2 is 2.11 bits per heavy atom. The third kappa shape index (κ3) is 4.63. The number of hydrogen-bond acceptors (Lipinski definition) is 3. The zero-order valence-corrected chi connectivity index (χ0v) is 11.6. The van der Waals surface area contributed by atoms with Gasteiger partial charge in [0.2, 0.25) is 5.91 Å². The minimum atomic E-state index is -0.483. The molecule has 0 spiro atoms. The Morgan fingerprint density at radius 3 is 2.68 bits per heavy atom.